The first kappa shape index (κ1) is 28.8. The molecule has 1 fully saturated rings. The first-order valence-corrected chi connectivity index (χ1v) is 11.8. The number of rotatable bonds is 8. The largest absolute Gasteiger partial charge is 0.504 e. The average molecular weight is 564 g/mol. The van der Waals surface area contributed by atoms with Crippen LogP contribution in [0.2, 0.25) is 0 Å². The average Bonchev–Trinajstić information content (AvgIpc) is 2.92. The number of methoxy groups -OCH3 is 3. The van der Waals surface area contributed by atoms with Crippen molar-refractivity contribution < 1.29 is 63.2 Å². The van der Waals surface area contributed by atoms with Crippen LogP contribution < -0.4 is 24.4 Å². The highest BCUT2D eigenvalue weighted by Crippen LogP contribution is 2.50. The predicted octanol–water partition coefficient (Wildman–Crippen LogP) is 0.646. The van der Waals surface area contributed by atoms with Gasteiger partial charge in [0.25, 0.3) is 0 Å². The van der Waals surface area contributed by atoms with Crippen LogP contribution in [0.5, 0.6) is 34.5 Å². The molecule has 2 aromatic carbocycles. The van der Waals surface area contributed by atoms with E-state index in [9.17, 15) is 35.1 Å². The lowest BCUT2D eigenvalue weighted by atomic mass is 9.99. The van der Waals surface area contributed by atoms with Gasteiger partial charge in [-0.1, -0.05) is 0 Å². The van der Waals surface area contributed by atoms with Gasteiger partial charge in [0.1, 0.15) is 42.2 Å². The number of fused-ring (bicyclic) bond motifs is 1. The lowest BCUT2D eigenvalue weighted by Crippen LogP contribution is -2.60. The van der Waals surface area contributed by atoms with Crippen molar-refractivity contribution in [1.82, 2.24) is 0 Å². The molecule has 0 saturated carbocycles. The maximum absolute atomic E-state index is 13.5. The molecule has 1 aromatic heterocycles. The van der Waals surface area contributed by atoms with E-state index < -0.39 is 60.2 Å². The number of aliphatic hydroxyl groups excluding tert-OH is 3. The Morgan fingerprint density at radius 2 is 1.62 bits per heavy atom. The molecule has 5 N–H and O–H groups in total. The second-order valence-corrected chi connectivity index (χ2v) is 8.75. The minimum atomic E-state index is -1.85. The molecule has 0 amide bonds. The van der Waals surface area contributed by atoms with E-state index in [0.717, 1.165) is 13.0 Å². The van der Waals surface area contributed by atoms with Gasteiger partial charge < -0.3 is 58.4 Å². The van der Waals surface area contributed by atoms with E-state index in [1.165, 1.54) is 39.5 Å². The fraction of sp³-hybridized carbons (Fsp3) is 0.385. The Morgan fingerprint density at radius 1 is 0.925 bits per heavy atom. The van der Waals surface area contributed by atoms with Crippen LogP contribution >= 0.6 is 0 Å². The Labute approximate surface area is 226 Å². The monoisotopic (exact) mass is 564 g/mol. The third-order valence-electron chi connectivity index (χ3n) is 6.24. The summed E-state index contributed by atoms with van der Waals surface area (Å²) in [6.45, 7) is 0.651. The van der Waals surface area contributed by atoms with Crippen LogP contribution in [0.25, 0.3) is 22.3 Å². The van der Waals surface area contributed by atoms with E-state index in [1.54, 1.807) is 0 Å². The van der Waals surface area contributed by atoms with Crippen LogP contribution in [0, 0.1) is 0 Å². The van der Waals surface area contributed by atoms with Crippen LogP contribution in [0.4, 0.5) is 0 Å². The van der Waals surface area contributed by atoms with Gasteiger partial charge in [-0.15, -0.1) is 0 Å². The van der Waals surface area contributed by atoms with Crippen molar-refractivity contribution in [3.05, 3.63) is 34.5 Å². The van der Waals surface area contributed by atoms with E-state index in [2.05, 4.69) is 0 Å². The van der Waals surface area contributed by atoms with Crippen molar-refractivity contribution in [2.75, 3.05) is 27.9 Å². The fourth-order valence-corrected chi connectivity index (χ4v) is 4.24. The van der Waals surface area contributed by atoms with E-state index in [4.69, 9.17) is 32.8 Å². The highest BCUT2D eigenvalue weighted by molar-refractivity contribution is 5.95. The number of phenols is 2. The Morgan fingerprint density at radius 3 is 2.23 bits per heavy atom. The molecule has 1 aliphatic rings. The van der Waals surface area contributed by atoms with Gasteiger partial charge in [-0.25, -0.2) is 0 Å². The normalized spacial score (nSPS) is 22.5. The topological polar surface area (TPSA) is 204 Å². The molecule has 5 atom stereocenters. The molecule has 0 radical (unpaired) electrons. The minimum absolute atomic E-state index is 0.0155. The molecular weight excluding hydrogens is 536 g/mol. The zero-order chi connectivity index (χ0) is 29.3. The molecule has 3 aromatic rings. The van der Waals surface area contributed by atoms with Crippen molar-refractivity contribution in [1.29, 1.82) is 0 Å². The molecule has 40 heavy (non-hydrogen) atoms. The number of aromatic hydroxyl groups is 2. The SMILES string of the molecule is COc1ccc(-c2cc(=O)c3c(OC4OC(COC(C)=O)C(O)C(O)C4O)c(OC)c(O)c(OC)c3o2)cc1O. The molecule has 14 nitrogen and oxygen atoms in total. The van der Waals surface area contributed by atoms with Crippen molar-refractivity contribution in [2.45, 2.75) is 37.6 Å². The number of ether oxygens (including phenoxy) is 6. The third kappa shape index (κ3) is 5.16. The second kappa shape index (κ2) is 11.5. The van der Waals surface area contributed by atoms with Gasteiger partial charge in [0.05, 0.1) is 21.3 Å². The van der Waals surface area contributed by atoms with Gasteiger partial charge in [0.15, 0.2) is 28.3 Å². The van der Waals surface area contributed by atoms with Crippen molar-refractivity contribution in [2.24, 2.45) is 0 Å². The zero-order valence-electron chi connectivity index (χ0n) is 21.8. The summed E-state index contributed by atoms with van der Waals surface area (Å²) >= 11 is 0. The van der Waals surface area contributed by atoms with E-state index >= 15 is 0 Å². The number of esters is 1. The molecule has 0 aliphatic carbocycles. The number of carbonyl (C=O) groups excluding carboxylic acids is 1. The van der Waals surface area contributed by atoms with Gasteiger partial charge in [0, 0.05) is 18.6 Å². The van der Waals surface area contributed by atoms with Crippen LogP contribution in [-0.2, 0) is 14.3 Å². The molecule has 0 spiro atoms. The summed E-state index contributed by atoms with van der Waals surface area (Å²) in [6, 6.07) is 5.38. The highest BCUT2D eigenvalue weighted by Gasteiger charge is 2.46. The molecule has 5 unspecified atom stereocenters. The summed E-state index contributed by atoms with van der Waals surface area (Å²) in [5.74, 6) is -2.47. The molecule has 2 heterocycles. The Kier molecular flexibility index (Phi) is 8.25. The summed E-state index contributed by atoms with van der Waals surface area (Å²) in [5, 5.41) is 52.0. The smallest absolute Gasteiger partial charge is 0.302 e. The number of phenolic OH excluding ortho intramolecular Hbond substituents is 2. The van der Waals surface area contributed by atoms with Gasteiger partial charge >= 0.3 is 5.97 Å². The summed E-state index contributed by atoms with van der Waals surface area (Å²) in [7, 11) is 3.76. The van der Waals surface area contributed by atoms with E-state index in [0.29, 0.717) is 0 Å². The first-order chi connectivity index (χ1) is 19.0. The van der Waals surface area contributed by atoms with Gasteiger partial charge in [-0.05, 0) is 18.2 Å². The molecular formula is C26H28O14. The van der Waals surface area contributed by atoms with Crippen molar-refractivity contribution >= 4 is 16.9 Å². The summed E-state index contributed by atoms with van der Waals surface area (Å²) < 4.78 is 37.7. The third-order valence-corrected chi connectivity index (χ3v) is 6.24. The Balaban J connectivity index is 1.85. The Bertz CT molecular complexity index is 1460. The quantitative estimate of drug-likeness (QED) is 0.238. The summed E-state index contributed by atoms with van der Waals surface area (Å²) in [4.78, 5) is 24.7. The summed E-state index contributed by atoms with van der Waals surface area (Å²) in [5.41, 5.74) is -0.704. The van der Waals surface area contributed by atoms with Crippen LogP contribution in [0.1, 0.15) is 6.92 Å². The molecule has 0 bridgehead atoms. The van der Waals surface area contributed by atoms with Crippen molar-refractivity contribution in [3.63, 3.8) is 0 Å². The Hall–Kier alpha value is -4.24. The van der Waals surface area contributed by atoms with Gasteiger partial charge in [-0.3, -0.25) is 9.59 Å². The molecule has 1 saturated heterocycles. The number of hydrogen-bond acceptors (Lipinski definition) is 14. The van der Waals surface area contributed by atoms with E-state index in [1.807, 2.05) is 0 Å². The van der Waals surface area contributed by atoms with Crippen molar-refractivity contribution in [3.8, 4) is 45.8 Å². The lowest BCUT2D eigenvalue weighted by molar-refractivity contribution is -0.278. The number of aliphatic hydroxyl groups is 3. The summed E-state index contributed by atoms with van der Waals surface area (Å²) in [6.07, 6.45) is -8.34. The zero-order valence-corrected chi connectivity index (χ0v) is 21.8. The highest BCUT2D eigenvalue weighted by atomic mass is 16.7. The van der Waals surface area contributed by atoms with Crippen LogP contribution in [-0.4, -0.2) is 90.1 Å². The maximum Gasteiger partial charge on any atom is 0.302 e. The second-order valence-electron chi connectivity index (χ2n) is 8.75. The lowest BCUT2D eigenvalue weighted by Gasteiger charge is -2.40. The number of hydrogen-bond donors (Lipinski definition) is 5. The molecule has 14 heteroatoms. The fourth-order valence-electron chi connectivity index (χ4n) is 4.24. The molecule has 1 aliphatic heterocycles. The number of benzene rings is 2. The molecule has 216 valence electrons. The van der Waals surface area contributed by atoms with Crippen LogP contribution in [0.15, 0.2) is 33.5 Å². The van der Waals surface area contributed by atoms with E-state index in [-0.39, 0.29) is 45.3 Å². The maximum atomic E-state index is 13.5. The van der Waals surface area contributed by atoms with Gasteiger partial charge in [0.2, 0.25) is 23.5 Å². The van der Waals surface area contributed by atoms with Crippen LogP contribution in [0.3, 0.4) is 0 Å². The predicted molar refractivity (Wildman–Crippen MR) is 135 cm³/mol. The first-order valence-electron chi connectivity index (χ1n) is 11.8. The van der Waals surface area contributed by atoms with Gasteiger partial charge in [-0.2, -0.15) is 0 Å². The molecule has 4 rings (SSSR count). The standard InChI is InChI=1S/C26H28O14/c1-10(27)37-9-16-18(30)19(31)20(32)26(39-16)40-23-17-13(29)8-15(11-5-6-14(34-2)12(28)7-11)38-22(17)24(35-3)21(33)25(23)36-4/h5-8,16,18-20,26,28,30-33H,9H2,1-4H3. The minimum Gasteiger partial charge on any atom is -0.504 e. The number of carbonyl (C=O) groups is 1.